The standard InChI is InChI=1S/C17H18N4O2/c1-11-4-6-12(7-5-11)13-10-14(22-20-13)15-19-16(21-23-15)17(18)8-2-3-9-17/h4-7,10H,2-3,8-9,18H2,1H3. The lowest BCUT2D eigenvalue weighted by atomic mass is 9.99. The Kier molecular flexibility index (Phi) is 3.27. The topological polar surface area (TPSA) is 91.0 Å². The molecule has 23 heavy (non-hydrogen) atoms. The second kappa shape index (κ2) is 5.31. The van der Waals surface area contributed by atoms with E-state index >= 15 is 0 Å². The Labute approximate surface area is 133 Å². The average Bonchev–Trinajstić information content (AvgIpc) is 3.28. The van der Waals surface area contributed by atoms with Crippen LogP contribution in [0.25, 0.3) is 22.9 Å². The Morgan fingerprint density at radius 2 is 1.78 bits per heavy atom. The lowest BCUT2D eigenvalue weighted by Gasteiger charge is -2.17. The van der Waals surface area contributed by atoms with Gasteiger partial charge in [0.25, 0.3) is 5.89 Å². The van der Waals surface area contributed by atoms with E-state index < -0.39 is 5.54 Å². The Balaban J connectivity index is 1.62. The van der Waals surface area contributed by atoms with Crippen molar-refractivity contribution in [3.05, 3.63) is 41.7 Å². The Morgan fingerprint density at radius 1 is 1.04 bits per heavy atom. The van der Waals surface area contributed by atoms with E-state index in [0.717, 1.165) is 36.9 Å². The van der Waals surface area contributed by atoms with Gasteiger partial charge in [0, 0.05) is 11.6 Å². The molecule has 118 valence electrons. The van der Waals surface area contributed by atoms with Crippen LogP contribution < -0.4 is 5.73 Å². The van der Waals surface area contributed by atoms with Crippen LogP contribution in [-0.4, -0.2) is 15.3 Å². The van der Waals surface area contributed by atoms with Gasteiger partial charge in [-0.3, -0.25) is 0 Å². The average molecular weight is 310 g/mol. The van der Waals surface area contributed by atoms with Crippen LogP contribution in [0.1, 0.15) is 37.1 Å². The van der Waals surface area contributed by atoms with E-state index in [1.54, 1.807) is 6.07 Å². The van der Waals surface area contributed by atoms with Crippen molar-refractivity contribution < 1.29 is 9.05 Å². The molecule has 6 heteroatoms. The maximum atomic E-state index is 6.35. The van der Waals surface area contributed by atoms with Crippen LogP contribution in [0, 0.1) is 6.92 Å². The van der Waals surface area contributed by atoms with Gasteiger partial charge in [0.2, 0.25) is 5.76 Å². The van der Waals surface area contributed by atoms with Gasteiger partial charge in [-0.2, -0.15) is 4.98 Å². The molecule has 1 saturated carbocycles. The number of nitrogens with two attached hydrogens (primary N) is 1. The zero-order valence-electron chi connectivity index (χ0n) is 13.0. The van der Waals surface area contributed by atoms with Crippen LogP contribution in [-0.2, 0) is 5.54 Å². The summed E-state index contributed by atoms with van der Waals surface area (Å²) in [4.78, 5) is 4.42. The summed E-state index contributed by atoms with van der Waals surface area (Å²) in [6.07, 6.45) is 3.97. The van der Waals surface area contributed by atoms with Gasteiger partial charge in [-0.25, -0.2) is 0 Å². The zero-order chi connectivity index (χ0) is 15.9. The first-order chi connectivity index (χ1) is 11.1. The molecule has 0 atom stereocenters. The van der Waals surface area contributed by atoms with Crippen molar-refractivity contribution in [1.82, 2.24) is 15.3 Å². The van der Waals surface area contributed by atoms with Crippen LogP contribution in [0.4, 0.5) is 0 Å². The maximum absolute atomic E-state index is 6.35. The number of hydrogen-bond donors (Lipinski definition) is 1. The largest absolute Gasteiger partial charge is 0.350 e. The third kappa shape index (κ3) is 2.55. The summed E-state index contributed by atoms with van der Waals surface area (Å²) in [5.74, 6) is 1.33. The van der Waals surface area contributed by atoms with Crippen molar-refractivity contribution in [2.45, 2.75) is 38.1 Å². The molecule has 2 N–H and O–H groups in total. The molecule has 0 bridgehead atoms. The fourth-order valence-electron chi connectivity index (χ4n) is 2.99. The summed E-state index contributed by atoms with van der Waals surface area (Å²) < 4.78 is 10.7. The van der Waals surface area contributed by atoms with Gasteiger partial charge in [0.1, 0.15) is 5.69 Å². The van der Waals surface area contributed by atoms with Crippen LogP contribution in [0.3, 0.4) is 0 Å². The fourth-order valence-corrected chi connectivity index (χ4v) is 2.99. The number of aromatic nitrogens is 3. The molecule has 1 aromatic carbocycles. The van der Waals surface area contributed by atoms with Crippen molar-refractivity contribution >= 4 is 0 Å². The van der Waals surface area contributed by atoms with E-state index in [1.807, 2.05) is 31.2 Å². The van der Waals surface area contributed by atoms with Gasteiger partial charge in [-0.15, -0.1) is 0 Å². The van der Waals surface area contributed by atoms with E-state index in [1.165, 1.54) is 5.56 Å². The van der Waals surface area contributed by atoms with Gasteiger partial charge in [-0.05, 0) is 19.8 Å². The SMILES string of the molecule is Cc1ccc(-c2cc(-c3nc(C4(N)CCCC4)no3)on2)cc1. The predicted octanol–water partition coefficient (Wildman–Crippen LogP) is 3.43. The molecule has 3 aromatic rings. The van der Waals surface area contributed by atoms with Gasteiger partial charge < -0.3 is 14.8 Å². The lowest BCUT2D eigenvalue weighted by molar-refractivity contribution is 0.360. The molecule has 2 aromatic heterocycles. The number of nitrogens with zero attached hydrogens (tertiary/aromatic N) is 3. The van der Waals surface area contributed by atoms with Crippen molar-refractivity contribution in [3.8, 4) is 22.9 Å². The first-order valence-electron chi connectivity index (χ1n) is 7.81. The molecule has 2 heterocycles. The third-order valence-electron chi connectivity index (χ3n) is 4.44. The molecule has 0 amide bonds. The van der Waals surface area contributed by atoms with Crippen LogP contribution in [0.15, 0.2) is 39.4 Å². The summed E-state index contributed by atoms with van der Waals surface area (Å²) in [7, 11) is 0. The minimum absolute atomic E-state index is 0.322. The summed E-state index contributed by atoms with van der Waals surface area (Å²) >= 11 is 0. The highest BCUT2D eigenvalue weighted by atomic mass is 16.5. The highest BCUT2D eigenvalue weighted by Gasteiger charge is 2.36. The molecule has 0 saturated heterocycles. The van der Waals surface area contributed by atoms with Gasteiger partial charge in [-0.1, -0.05) is 53.0 Å². The summed E-state index contributed by atoms with van der Waals surface area (Å²) in [5, 5.41) is 8.12. The second-order valence-corrected chi connectivity index (χ2v) is 6.23. The van der Waals surface area contributed by atoms with Gasteiger partial charge in [0.05, 0.1) is 5.54 Å². The van der Waals surface area contributed by atoms with Crippen molar-refractivity contribution in [2.75, 3.05) is 0 Å². The molecule has 0 spiro atoms. The molecule has 1 aliphatic carbocycles. The zero-order valence-corrected chi connectivity index (χ0v) is 13.0. The number of aryl methyl sites for hydroxylation is 1. The molecular weight excluding hydrogens is 292 g/mol. The number of benzene rings is 1. The van der Waals surface area contributed by atoms with E-state index in [-0.39, 0.29) is 0 Å². The molecule has 0 radical (unpaired) electrons. The Bertz CT molecular complexity index is 813. The van der Waals surface area contributed by atoms with Crippen LogP contribution in [0.2, 0.25) is 0 Å². The molecule has 6 nitrogen and oxygen atoms in total. The minimum Gasteiger partial charge on any atom is -0.350 e. The summed E-state index contributed by atoms with van der Waals surface area (Å²) in [5.41, 5.74) is 8.80. The van der Waals surface area contributed by atoms with Crippen molar-refractivity contribution in [1.29, 1.82) is 0 Å². The van der Waals surface area contributed by atoms with E-state index in [4.69, 9.17) is 14.8 Å². The van der Waals surface area contributed by atoms with Gasteiger partial charge >= 0.3 is 0 Å². The van der Waals surface area contributed by atoms with Gasteiger partial charge in [0.15, 0.2) is 5.82 Å². The fraction of sp³-hybridized carbons (Fsp3) is 0.353. The van der Waals surface area contributed by atoms with Crippen LogP contribution >= 0.6 is 0 Å². The predicted molar refractivity (Wildman–Crippen MR) is 84.3 cm³/mol. The first-order valence-corrected chi connectivity index (χ1v) is 7.81. The first kappa shape index (κ1) is 14.1. The van der Waals surface area contributed by atoms with E-state index in [0.29, 0.717) is 17.5 Å². The van der Waals surface area contributed by atoms with Crippen molar-refractivity contribution in [3.63, 3.8) is 0 Å². The Hall–Kier alpha value is -2.47. The molecule has 0 unspecified atom stereocenters. The summed E-state index contributed by atoms with van der Waals surface area (Å²) in [6.45, 7) is 2.05. The highest BCUT2D eigenvalue weighted by molar-refractivity contribution is 5.63. The second-order valence-electron chi connectivity index (χ2n) is 6.23. The number of rotatable bonds is 3. The quantitative estimate of drug-likeness (QED) is 0.797. The van der Waals surface area contributed by atoms with Crippen LogP contribution in [0.5, 0.6) is 0 Å². The third-order valence-corrected chi connectivity index (χ3v) is 4.44. The Morgan fingerprint density at radius 3 is 2.52 bits per heavy atom. The molecular formula is C17H18N4O2. The number of hydrogen-bond acceptors (Lipinski definition) is 6. The minimum atomic E-state index is -0.471. The maximum Gasteiger partial charge on any atom is 0.296 e. The molecule has 1 aliphatic rings. The molecule has 1 fully saturated rings. The van der Waals surface area contributed by atoms with E-state index in [2.05, 4.69) is 15.3 Å². The summed E-state index contributed by atoms with van der Waals surface area (Å²) in [6, 6.07) is 9.88. The van der Waals surface area contributed by atoms with Crippen molar-refractivity contribution in [2.24, 2.45) is 5.73 Å². The lowest BCUT2D eigenvalue weighted by Crippen LogP contribution is -2.34. The molecule has 4 rings (SSSR count). The van der Waals surface area contributed by atoms with E-state index in [9.17, 15) is 0 Å². The smallest absolute Gasteiger partial charge is 0.296 e. The monoisotopic (exact) mass is 310 g/mol. The molecule has 0 aliphatic heterocycles. The normalized spacial score (nSPS) is 16.8. The highest BCUT2D eigenvalue weighted by Crippen LogP contribution is 2.35.